The fraction of sp³-hybridized carbons (Fsp3) is 0.176. The van der Waals surface area contributed by atoms with Crippen LogP contribution in [0.5, 0.6) is 11.5 Å². The number of nitrogens with one attached hydrogen (secondary N) is 1. The van der Waals surface area contributed by atoms with Crippen LogP contribution in [0.15, 0.2) is 30.3 Å². The lowest BCUT2D eigenvalue weighted by Gasteiger charge is -2.10. The van der Waals surface area contributed by atoms with E-state index in [9.17, 15) is 14.9 Å². The number of anilines is 1. The summed E-state index contributed by atoms with van der Waals surface area (Å²) in [6.07, 6.45) is 0. The predicted octanol–water partition coefficient (Wildman–Crippen LogP) is 3.78. The molecule has 0 atom stereocenters. The van der Waals surface area contributed by atoms with Crippen LogP contribution in [0.3, 0.4) is 0 Å². The molecule has 0 aliphatic rings. The van der Waals surface area contributed by atoms with Gasteiger partial charge in [0, 0.05) is 6.07 Å². The number of rotatable bonds is 5. The van der Waals surface area contributed by atoms with Gasteiger partial charge >= 0.3 is 0 Å². The number of aromatic nitrogens is 1. The maximum atomic E-state index is 12.6. The zero-order chi connectivity index (χ0) is 18.8. The average Bonchev–Trinajstić information content (AvgIpc) is 3.01. The van der Waals surface area contributed by atoms with Crippen molar-refractivity contribution in [1.29, 1.82) is 0 Å². The van der Waals surface area contributed by atoms with Gasteiger partial charge in [0.25, 0.3) is 11.6 Å². The minimum atomic E-state index is -0.645. The highest BCUT2D eigenvalue weighted by atomic mass is 32.1. The van der Waals surface area contributed by atoms with Crippen LogP contribution in [0.1, 0.15) is 15.9 Å². The second kappa shape index (κ2) is 6.96. The molecular formula is C17H15N3O5S. The molecule has 0 aliphatic carbocycles. The summed E-state index contributed by atoms with van der Waals surface area (Å²) >= 11 is 1.30. The first kappa shape index (κ1) is 17.6. The number of nitrogens with zero attached hydrogens (tertiary/aromatic N) is 2. The Morgan fingerprint density at radius 2 is 1.88 bits per heavy atom. The van der Waals surface area contributed by atoms with Gasteiger partial charge in [-0.3, -0.25) is 20.2 Å². The average molecular weight is 373 g/mol. The molecule has 1 N–H and O–H groups in total. The first-order chi connectivity index (χ1) is 12.4. The number of nitro groups is 1. The molecule has 1 amide bonds. The normalized spacial score (nSPS) is 10.6. The standard InChI is InChI=1S/C17H15N3O5S/c1-9-4-5-11-15(6-9)26-17(18-11)19-16(21)10-7-13(24-2)14(25-3)8-12(10)20(22)23/h4-8H,1-3H3,(H,18,19,21). The number of carbonyl (C=O) groups is 1. The second-order valence-corrected chi connectivity index (χ2v) is 6.46. The SMILES string of the molecule is COc1cc(C(=O)Nc2nc3ccc(C)cc3s2)c([N+](=O)[O-])cc1OC. The molecule has 9 heteroatoms. The minimum absolute atomic E-state index is 0.136. The van der Waals surface area contributed by atoms with E-state index in [1.807, 2.05) is 25.1 Å². The fourth-order valence-corrected chi connectivity index (χ4v) is 3.41. The third-order valence-corrected chi connectivity index (χ3v) is 4.64. The number of benzene rings is 2. The molecule has 0 unspecified atom stereocenters. The van der Waals surface area contributed by atoms with Crippen LogP contribution in [0, 0.1) is 17.0 Å². The van der Waals surface area contributed by atoms with Gasteiger partial charge in [0.05, 0.1) is 35.4 Å². The van der Waals surface area contributed by atoms with E-state index in [1.165, 1.54) is 31.6 Å². The first-order valence-electron chi connectivity index (χ1n) is 7.52. The van der Waals surface area contributed by atoms with Crippen LogP contribution < -0.4 is 14.8 Å². The van der Waals surface area contributed by atoms with Gasteiger partial charge in [0.1, 0.15) is 5.56 Å². The van der Waals surface area contributed by atoms with Crippen molar-refractivity contribution in [2.24, 2.45) is 0 Å². The summed E-state index contributed by atoms with van der Waals surface area (Å²) in [5.74, 6) is -0.247. The zero-order valence-corrected chi connectivity index (χ0v) is 15.0. The number of nitro benzene ring substituents is 1. The van der Waals surface area contributed by atoms with Crippen LogP contribution in [-0.2, 0) is 0 Å². The Morgan fingerprint density at radius 1 is 1.19 bits per heavy atom. The number of hydrogen-bond donors (Lipinski definition) is 1. The summed E-state index contributed by atoms with van der Waals surface area (Å²) in [5, 5.41) is 14.3. The molecule has 1 heterocycles. The lowest BCUT2D eigenvalue weighted by Crippen LogP contribution is -2.14. The van der Waals surface area contributed by atoms with Gasteiger partial charge in [-0.25, -0.2) is 4.98 Å². The van der Waals surface area contributed by atoms with Crippen molar-refractivity contribution in [1.82, 2.24) is 4.98 Å². The second-order valence-electron chi connectivity index (χ2n) is 5.43. The Balaban J connectivity index is 1.98. The highest BCUT2D eigenvalue weighted by Crippen LogP contribution is 2.35. The molecule has 2 aromatic carbocycles. The van der Waals surface area contributed by atoms with E-state index in [0.717, 1.165) is 21.8 Å². The monoisotopic (exact) mass is 373 g/mol. The fourth-order valence-electron chi connectivity index (χ4n) is 2.45. The molecular weight excluding hydrogens is 358 g/mol. The van der Waals surface area contributed by atoms with Gasteiger partial charge in [-0.2, -0.15) is 0 Å². The summed E-state index contributed by atoms with van der Waals surface area (Å²) < 4.78 is 11.1. The number of fused-ring (bicyclic) bond motifs is 1. The van der Waals surface area contributed by atoms with E-state index in [1.54, 1.807) is 0 Å². The molecule has 0 saturated carbocycles. The Morgan fingerprint density at radius 3 is 2.54 bits per heavy atom. The van der Waals surface area contributed by atoms with Crippen molar-refractivity contribution in [3.63, 3.8) is 0 Å². The summed E-state index contributed by atoms with van der Waals surface area (Å²) in [6, 6.07) is 8.18. The van der Waals surface area contributed by atoms with Gasteiger partial charge in [0.2, 0.25) is 0 Å². The molecule has 0 fully saturated rings. The molecule has 3 rings (SSSR count). The number of carbonyl (C=O) groups excluding carboxylic acids is 1. The topological polar surface area (TPSA) is 104 Å². The predicted molar refractivity (Wildman–Crippen MR) is 98.5 cm³/mol. The van der Waals surface area contributed by atoms with Crippen LogP contribution in [-0.4, -0.2) is 30.0 Å². The van der Waals surface area contributed by atoms with Crippen molar-refractivity contribution < 1.29 is 19.2 Å². The Labute approximate surface area is 152 Å². The molecule has 0 radical (unpaired) electrons. The summed E-state index contributed by atoms with van der Waals surface area (Å²) in [5.41, 5.74) is 1.31. The van der Waals surface area contributed by atoms with Gasteiger partial charge in [-0.05, 0) is 24.6 Å². The van der Waals surface area contributed by atoms with Crippen molar-refractivity contribution in [3.8, 4) is 11.5 Å². The van der Waals surface area contributed by atoms with Crippen LogP contribution in [0.4, 0.5) is 10.8 Å². The highest BCUT2D eigenvalue weighted by Gasteiger charge is 2.25. The minimum Gasteiger partial charge on any atom is -0.493 e. The van der Waals surface area contributed by atoms with Gasteiger partial charge in [0.15, 0.2) is 16.6 Å². The molecule has 1 aromatic heterocycles. The molecule has 3 aromatic rings. The highest BCUT2D eigenvalue weighted by molar-refractivity contribution is 7.22. The third kappa shape index (κ3) is 3.29. The molecule has 26 heavy (non-hydrogen) atoms. The van der Waals surface area contributed by atoms with E-state index in [0.29, 0.717) is 5.13 Å². The molecule has 0 saturated heterocycles. The van der Waals surface area contributed by atoms with Crippen LogP contribution in [0.25, 0.3) is 10.2 Å². The van der Waals surface area contributed by atoms with E-state index >= 15 is 0 Å². The quantitative estimate of drug-likeness (QED) is 0.539. The van der Waals surface area contributed by atoms with Crippen LogP contribution >= 0.6 is 11.3 Å². The Kier molecular flexibility index (Phi) is 4.72. The number of amides is 1. The van der Waals surface area contributed by atoms with Crippen molar-refractivity contribution >= 4 is 38.3 Å². The Hall–Kier alpha value is -3.20. The molecule has 8 nitrogen and oxygen atoms in total. The maximum Gasteiger partial charge on any atom is 0.286 e. The van der Waals surface area contributed by atoms with Gasteiger partial charge in [-0.1, -0.05) is 17.4 Å². The zero-order valence-electron chi connectivity index (χ0n) is 14.2. The number of ether oxygens (including phenoxy) is 2. The molecule has 0 spiro atoms. The summed E-state index contributed by atoms with van der Waals surface area (Å²) in [7, 11) is 2.76. The van der Waals surface area contributed by atoms with E-state index in [4.69, 9.17) is 9.47 Å². The maximum absolute atomic E-state index is 12.6. The van der Waals surface area contributed by atoms with E-state index in [-0.39, 0.29) is 22.7 Å². The molecule has 0 bridgehead atoms. The number of hydrogen-bond acceptors (Lipinski definition) is 7. The first-order valence-corrected chi connectivity index (χ1v) is 8.33. The largest absolute Gasteiger partial charge is 0.493 e. The van der Waals surface area contributed by atoms with E-state index < -0.39 is 10.8 Å². The lowest BCUT2D eigenvalue weighted by molar-refractivity contribution is -0.385. The van der Waals surface area contributed by atoms with Crippen molar-refractivity contribution in [2.75, 3.05) is 19.5 Å². The number of aryl methyl sites for hydroxylation is 1. The molecule has 0 aliphatic heterocycles. The smallest absolute Gasteiger partial charge is 0.286 e. The summed E-state index contributed by atoms with van der Waals surface area (Å²) in [4.78, 5) is 27.6. The lowest BCUT2D eigenvalue weighted by atomic mass is 10.1. The van der Waals surface area contributed by atoms with Crippen molar-refractivity contribution in [3.05, 3.63) is 51.6 Å². The van der Waals surface area contributed by atoms with Crippen LogP contribution in [0.2, 0.25) is 0 Å². The van der Waals surface area contributed by atoms with E-state index in [2.05, 4.69) is 10.3 Å². The summed E-state index contributed by atoms with van der Waals surface area (Å²) in [6.45, 7) is 1.96. The third-order valence-electron chi connectivity index (χ3n) is 3.71. The Bertz CT molecular complexity index is 1020. The van der Waals surface area contributed by atoms with Crippen molar-refractivity contribution in [2.45, 2.75) is 6.92 Å². The van der Waals surface area contributed by atoms with Gasteiger partial charge in [-0.15, -0.1) is 0 Å². The number of thiazole rings is 1. The van der Waals surface area contributed by atoms with Gasteiger partial charge < -0.3 is 9.47 Å². The molecule has 134 valence electrons. The number of methoxy groups -OCH3 is 2.